The van der Waals surface area contributed by atoms with E-state index in [0.29, 0.717) is 97.2 Å². The summed E-state index contributed by atoms with van der Waals surface area (Å²) in [7, 11) is 5.67. The molecule has 4 aromatic rings. The van der Waals surface area contributed by atoms with Gasteiger partial charge in [0.15, 0.2) is 23.8 Å². The summed E-state index contributed by atoms with van der Waals surface area (Å²) in [6.45, 7) is 1.99. The highest BCUT2D eigenvalue weighted by molar-refractivity contribution is 8.77. The van der Waals surface area contributed by atoms with Crippen LogP contribution in [-0.4, -0.2) is 296 Å². The molecule has 0 aromatic carbocycles. The summed E-state index contributed by atoms with van der Waals surface area (Å²) in [5.41, 5.74) is 53.1. The van der Waals surface area contributed by atoms with Crippen LogP contribution < -0.4 is 142 Å². The molecule has 0 saturated carbocycles. The Morgan fingerprint density at radius 3 is 0.709 bits per heavy atom. The summed E-state index contributed by atoms with van der Waals surface area (Å²) in [5, 5.41) is 73.7. The molecule has 0 radical (unpaired) electrons. The molecule has 4 rings (SSSR count). The van der Waals surface area contributed by atoms with Gasteiger partial charge in [-0.05, 0) is 103 Å². The number of imidazole rings is 4. The summed E-state index contributed by atoms with van der Waals surface area (Å²) in [5.74, 6) is -5.87. The number of nitrogens with one attached hydrogen (secondary N) is 26. The third-order valence-corrected chi connectivity index (χ3v) is 27.4. The molecule has 0 fully saturated rings. The average Bonchev–Trinajstić information content (AvgIpc) is 0.988. The number of hydroxylamine groups is 2. The maximum absolute atomic E-state index is 14.1. The fourth-order valence-corrected chi connectivity index (χ4v) is 18.2. The third kappa shape index (κ3) is 63.1. The van der Waals surface area contributed by atoms with E-state index in [0.717, 1.165) is 77.0 Å². The second kappa shape index (κ2) is 79.5. The van der Waals surface area contributed by atoms with Gasteiger partial charge >= 0.3 is 12.2 Å². The average molecular weight is 2160 g/mol. The topological polar surface area (TPSA) is 892 Å². The monoisotopic (exact) mass is 2160 g/mol. The van der Waals surface area contributed by atoms with Gasteiger partial charge in [-0.25, -0.2) is 29.5 Å². The lowest BCUT2D eigenvalue weighted by atomic mass is 10.0. The van der Waals surface area contributed by atoms with Crippen molar-refractivity contribution < 1.29 is 76.8 Å². The maximum Gasteiger partial charge on any atom is 0.431 e. The number of aromatic amines is 4. The predicted molar refractivity (Wildman–Crippen MR) is 567 cm³/mol. The van der Waals surface area contributed by atoms with Crippen molar-refractivity contribution in [1.82, 2.24) is 136 Å². The van der Waals surface area contributed by atoms with Crippen LogP contribution in [0, 0.1) is 21.6 Å². The summed E-state index contributed by atoms with van der Waals surface area (Å²) in [4.78, 5) is 223. The minimum Gasteiger partial charge on any atom is -0.370 e. The highest BCUT2D eigenvalue weighted by Crippen LogP contribution is 2.22. The van der Waals surface area contributed by atoms with Gasteiger partial charge in [-0.15, -0.1) is 0 Å². The molecule has 4 aromatic heterocycles. The van der Waals surface area contributed by atoms with Crippen molar-refractivity contribution in [3.05, 3.63) is 72.9 Å². The number of hydrogen-bond donors (Lipinski definition) is 34. The lowest BCUT2D eigenvalue weighted by Crippen LogP contribution is -2.56. The molecule has 0 aliphatic rings. The zero-order valence-corrected chi connectivity index (χ0v) is 87.6. The number of nitrogens with zero attached hydrogens (tertiary/aromatic N) is 4. The minimum absolute atomic E-state index is 0.0717. The SMILES string of the molecule is N=C(N)NCCC[C@H](NC(=O)[C@@H](N)Cc1c[nH]cn1)C(=O)NCCCC[C@H](NC(=O)[C@H](CCCNC(=N)N)NC(=O)[C@@H](N)Cc1c[nH]cn1)C(=O)NCCSSCCNC(=O)ONC(=O)CCCCCCCCCCCCCCCCCCC(=O)NOC(=O)NCCSSCCNC(=O)[C@@H](CCCCNC(=O)[C@H](CCCNC(=N)N)NC(=O)[C@@H](N)Cc1c[nH]cn1)NC(=O)[C@H](CCCNC(=N)N)NC(=O)[C@@H](N)Cc1c[nH]cn1. The Bertz CT molecular complexity index is 4250. The molecule has 830 valence electrons. The molecule has 148 heavy (non-hydrogen) atoms. The van der Waals surface area contributed by atoms with Crippen molar-refractivity contribution in [2.24, 2.45) is 45.9 Å². The number of aromatic nitrogens is 8. The Morgan fingerprint density at radius 2 is 0.473 bits per heavy atom. The molecule has 42 N–H and O–H groups in total. The molecule has 0 bridgehead atoms. The van der Waals surface area contributed by atoms with Gasteiger partial charge in [-0.1, -0.05) is 133 Å². The van der Waals surface area contributed by atoms with Gasteiger partial charge in [0, 0.05) is 152 Å². The molecule has 0 aliphatic heterocycles. The summed E-state index contributed by atoms with van der Waals surface area (Å²) >= 11 is 0. The van der Waals surface area contributed by atoms with E-state index in [-0.39, 0.29) is 179 Å². The van der Waals surface area contributed by atoms with E-state index < -0.39 is 143 Å². The zero-order valence-electron chi connectivity index (χ0n) is 84.3. The van der Waals surface area contributed by atoms with Crippen LogP contribution >= 0.6 is 43.2 Å². The summed E-state index contributed by atoms with van der Waals surface area (Å²) in [6.07, 6.45) is 31.1. The molecule has 14 amide bonds. The van der Waals surface area contributed by atoms with E-state index in [9.17, 15) is 67.1 Å². The van der Waals surface area contributed by atoms with Crippen LogP contribution in [0.3, 0.4) is 0 Å². The maximum atomic E-state index is 14.1. The largest absolute Gasteiger partial charge is 0.431 e. The van der Waals surface area contributed by atoms with Crippen LogP contribution in [0.2, 0.25) is 0 Å². The molecule has 58 heteroatoms. The number of guanidine groups is 4. The van der Waals surface area contributed by atoms with Crippen molar-refractivity contribution >= 4 is 150 Å². The van der Waals surface area contributed by atoms with Crippen molar-refractivity contribution in [3.63, 3.8) is 0 Å². The van der Waals surface area contributed by atoms with Crippen LogP contribution in [-0.2, 0) is 92.9 Å². The highest BCUT2D eigenvalue weighted by Gasteiger charge is 2.33. The number of H-pyrrole nitrogens is 4. The van der Waals surface area contributed by atoms with Gasteiger partial charge in [0.25, 0.3) is 11.8 Å². The first kappa shape index (κ1) is 128. The van der Waals surface area contributed by atoms with Gasteiger partial charge in [-0.2, -0.15) is 11.0 Å². The molecule has 10 atom stereocenters. The zero-order chi connectivity index (χ0) is 108. The number of unbranched alkanes of at least 4 members (excludes halogenated alkanes) is 17. The molecular formula is C90H160N38O16S4. The standard InChI is InChI=1S/C90H160N38O16S4/c91-63(47-59-51-103-55-117-59)75(131)121-69(27-21-35-111-85(95)96)79(135)107-33-19-17-25-67(125-83(139)71(29-23-37-113-87(99)100)123-77(133)65(93)49-61-53-105-57-119-61)81(137)109-39-43-145-147-45-41-115-89(141)143-127-73(129)31-15-13-11-9-7-5-3-1-2-4-6-8-10-12-14-16-32-74(130)128-144-90(142)116-42-46-148-146-44-40-110-82(138)68(126-84(140)72(30-24-38-114-88(101)102)124-78(134)66(94)50-62-54-106-58-120-62)26-18-20-34-108-80(136)70(28-22-36-112-86(97)98)122-76(132)64(92)48-60-52-104-56-118-60/h51-58,63-72H,1-50,91-94H2,(H,103,117)(H,104,118)(H,105,119)(H,106,120)(H,107,135)(H,108,136)(H,109,137)(H,110,138)(H,115,141)(H,116,142)(H,121,131)(H,122,132)(H,123,133)(H,124,134)(H,125,139)(H,126,140)(H,127,129)(H,128,130)(H4,95,96,111)(H4,97,98,112)(H4,99,100,113)(H4,101,102,114)/t63-,64-,65-,66-,67-,68+,69-,70-,71-,72-/m0/s1. The van der Waals surface area contributed by atoms with Crippen molar-refractivity contribution in [2.75, 3.05) is 88.5 Å². The van der Waals surface area contributed by atoms with E-state index in [2.05, 4.69) is 136 Å². The van der Waals surface area contributed by atoms with Crippen LogP contribution in [0.5, 0.6) is 0 Å². The molecule has 54 nitrogen and oxygen atoms in total. The second-order valence-electron chi connectivity index (χ2n) is 35.1. The lowest BCUT2D eigenvalue weighted by molar-refractivity contribution is -0.132. The molecule has 0 unspecified atom stereocenters. The van der Waals surface area contributed by atoms with Crippen LogP contribution in [0.4, 0.5) is 9.59 Å². The first-order valence-corrected chi connectivity index (χ1v) is 55.4. The molecule has 0 saturated heterocycles. The van der Waals surface area contributed by atoms with Crippen LogP contribution in [0.25, 0.3) is 0 Å². The Balaban J connectivity index is 1.04. The number of carbonyl (C=O) groups excluding carboxylic acids is 14. The first-order valence-electron chi connectivity index (χ1n) is 50.4. The molecule has 4 heterocycles. The summed E-state index contributed by atoms with van der Waals surface area (Å²) < 4.78 is 0. The number of nitrogens with two attached hydrogens (primary N) is 8. The quantitative estimate of drug-likeness (QED) is 0.00764. The van der Waals surface area contributed by atoms with Gasteiger partial charge in [-0.3, -0.25) is 79.2 Å². The molecule has 0 spiro atoms. The number of amides is 14. The van der Waals surface area contributed by atoms with Crippen LogP contribution in [0.1, 0.15) is 228 Å². The normalized spacial score (nSPS) is 13.0. The smallest absolute Gasteiger partial charge is 0.370 e. The number of carbonyl (C=O) groups is 14. The van der Waals surface area contributed by atoms with E-state index in [1.54, 1.807) is 24.8 Å². The summed E-state index contributed by atoms with van der Waals surface area (Å²) in [6, 6.07) is -10.7. The van der Waals surface area contributed by atoms with Gasteiger partial charge < -0.3 is 161 Å². The Morgan fingerprint density at radius 1 is 0.264 bits per heavy atom. The van der Waals surface area contributed by atoms with Gasteiger partial charge in [0.1, 0.15) is 36.3 Å². The van der Waals surface area contributed by atoms with E-state index >= 15 is 0 Å². The van der Waals surface area contributed by atoms with Crippen LogP contribution in [0.15, 0.2) is 50.1 Å². The Kier molecular flexibility index (Phi) is 68.6. The molecular weight excluding hydrogens is 2000 g/mol. The number of rotatable bonds is 83. The lowest BCUT2D eigenvalue weighted by Gasteiger charge is -2.24. The van der Waals surface area contributed by atoms with E-state index in [1.807, 2.05) is 0 Å². The van der Waals surface area contributed by atoms with Gasteiger partial charge in [0.2, 0.25) is 59.1 Å². The minimum atomic E-state index is -1.15. The van der Waals surface area contributed by atoms with Crippen molar-refractivity contribution in [3.8, 4) is 0 Å². The Labute approximate surface area is 878 Å². The van der Waals surface area contributed by atoms with Crippen molar-refractivity contribution in [2.45, 2.75) is 292 Å². The fourth-order valence-electron chi connectivity index (χ4n) is 14.6. The fraction of sp³-hybridized carbons (Fsp3) is 0.667. The first-order chi connectivity index (χ1) is 71.3. The molecule has 0 aliphatic carbocycles. The highest BCUT2D eigenvalue weighted by atomic mass is 33.1. The van der Waals surface area contributed by atoms with Crippen molar-refractivity contribution in [1.29, 1.82) is 21.6 Å². The third-order valence-electron chi connectivity index (χ3n) is 22.6. The second-order valence-corrected chi connectivity index (χ2v) is 40.5. The number of hydrogen-bond acceptors (Lipinski definition) is 32. The predicted octanol–water partition coefficient (Wildman–Crippen LogP) is -1.77. The Hall–Kier alpha value is -12.7. The van der Waals surface area contributed by atoms with E-state index in [4.69, 9.17) is 77.2 Å². The van der Waals surface area contributed by atoms with Gasteiger partial charge in [0.05, 0.1) is 72.3 Å². The van der Waals surface area contributed by atoms with E-state index in [1.165, 1.54) is 81.3 Å².